The Morgan fingerprint density at radius 3 is 2.68 bits per heavy atom. The molecule has 19 heavy (non-hydrogen) atoms. The summed E-state index contributed by atoms with van der Waals surface area (Å²) in [5.74, 6) is 5.82. The van der Waals surface area contributed by atoms with Crippen LogP contribution in [0.4, 0.5) is 0 Å². The Morgan fingerprint density at radius 2 is 2.11 bits per heavy atom. The van der Waals surface area contributed by atoms with E-state index in [0.29, 0.717) is 0 Å². The highest BCUT2D eigenvalue weighted by atomic mass is 16.5. The summed E-state index contributed by atoms with van der Waals surface area (Å²) >= 11 is 0. The van der Waals surface area contributed by atoms with Crippen LogP contribution in [-0.2, 0) is 11.2 Å². The van der Waals surface area contributed by atoms with Gasteiger partial charge in [-0.15, -0.1) is 0 Å². The molecular formula is C16H26N2O. The lowest BCUT2D eigenvalue weighted by molar-refractivity contribution is -0.0613. The van der Waals surface area contributed by atoms with E-state index in [0.717, 1.165) is 25.9 Å². The first-order chi connectivity index (χ1) is 9.20. The first-order valence-corrected chi connectivity index (χ1v) is 7.36. The van der Waals surface area contributed by atoms with Gasteiger partial charge in [-0.25, -0.2) is 0 Å². The van der Waals surface area contributed by atoms with Gasteiger partial charge >= 0.3 is 0 Å². The molecule has 0 spiro atoms. The zero-order valence-corrected chi connectivity index (χ0v) is 12.1. The van der Waals surface area contributed by atoms with Crippen molar-refractivity contribution in [3.8, 4) is 0 Å². The van der Waals surface area contributed by atoms with Crippen molar-refractivity contribution in [2.24, 2.45) is 5.84 Å². The fraction of sp³-hybridized carbons (Fsp3) is 0.625. The number of rotatable bonds is 6. The minimum Gasteiger partial charge on any atom is -0.374 e. The van der Waals surface area contributed by atoms with E-state index in [9.17, 15) is 0 Å². The highest BCUT2D eigenvalue weighted by Gasteiger charge is 2.41. The molecule has 1 aromatic carbocycles. The molecule has 0 radical (unpaired) electrons. The van der Waals surface area contributed by atoms with Crippen molar-refractivity contribution >= 4 is 0 Å². The first-order valence-electron chi connectivity index (χ1n) is 7.36. The summed E-state index contributed by atoms with van der Waals surface area (Å²) in [5.41, 5.74) is 5.56. The first kappa shape index (κ1) is 14.5. The van der Waals surface area contributed by atoms with Crippen molar-refractivity contribution < 1.29 is 4.74 Å². The molecule has 1 aliphatic rings. The van der Waals surface area contributed by atoms with Crippen LogP contribution in [0.1, 0.15) is 43.7 Å². The van der Waals surface area contributed by atoms with E-state index in [-0.39, 0.29) is 11.6 Å². The lowest BCUT2D eigenvalue weighted by Crippen LogP contribution is -2.54. The topological polar surface area (TPSA) is 47.3 Å². The molecule has 0 aliphatic heterocycles. The minimum absolute atomic E-state index is 0.0761. The molecule has 0 saturated heterocycles. The third kappa shape index (κ3) is 3.35. The maximum Gasteiger partial charge on any atom is 0.0851 e. The fourth-order valence-electron chi connectivity index (χ4n) is 3.33. The summed E-state index contributed by atoms with van der Waals surface area (Å²) in [4.78, 5) is 0. The summed E-state index contributed by atoms with van der Waals surface area (Å²) in [5, 5.41) is 0. The molecule has 0 bridgehead atoms. The molecule has 1 aliphatic carbocycles. The third-order valence-corrected chi connectivity index (χ3v) is 4.24. The highest BCUT2D eigenvalue weighted by Crippen LogP contribution is 2.37. The predicted molar refractivity (Wildman–Crippen MR) is 78.8 cm³/mol. The molecule has 3 heteroatoms. The van der Waals surface area contributed by atoms with E-state index in [1.54, 1.807) is 0 Å². The van der Waals surface area contributed by atoms with Gasteiger partial charge in [0.2, 0.25) is 0 Å². The van der Waals surface area contributed by atoms with Crippen molar-refractivity contribution in [3.63, 3.8) is 0 Å². The number of aryl methyl sites for hydroxylation is 1. The Kier molecular flexibility index (Phi) is 4.97. The van der Waals surface area contributed by atoms with Crippen LogP contribution in [0, 0.1) is 6.92 Å². The average Bonchev–Trinajstić information content (AvgIpc) is 2.86. The number of ether oxygens (including phenoxy) is 1. The predicted octanol–water partition coefficient (Wildman–Crippen LogP) is 2.72. The minimum atomic E-state index is -0.0761. The molecule has 3 N–H and O–H groups in total. The van der Waals surface area contributed by atoms with Gasteiger partial charge in [0, 0.05) is 6.61 Å². The number of nitrogens with two attached hydrogens (primary N) is 1. The smallest absolute Gasteiger partial charge is 0.0851 e. The van der Waals surface area contributed by atoms with Crippen LogP contribution in [-0.4, -0.2) is 18.2 Å². The summed E-state index contributed by atoms with van der Waals surface area (Å²) < 4.78 is 6.10. The van der Waals surface area contributed by atoms with E-state index in [1.807, 2.05) is 0 Å². The number of hydrogen-bond donors (Lipinski definition) is 2. The monoisotopic (exact) mass is 262 g/mol. The summed E-state index contributed by atoms with van der Waals surface area (Å²) in [6.07, 6.45) is 5.64. The van der Waals surface area contributed by atoms with E-state index in [2.05, 4.69) is 43.5 Å². The Labute approximate surface area is 116 Å². The van der Waals surface area contributed by atoms with Crippen LogP contribution in [0.15, 0.2) is 24.3 Å². The van der Waals surface area contributed by atoms with Gasteiger partial charge < -0.3 is 4.74 Å². The number of hydrazine groups is 1. The van der Waals surface area contributed by atoms with Gasteiger partial charge in [-0.3, -0.25) is 11.3 Å². The van der Waals surface area contributed by atoms with E-state index in [1.165, 1.54) is 24.0 Å². The van der Waals surface area contributed by atoms with Crippen LogP contribution in [0.2, 0.25) is 0 Å². The quantitative estimate of drug-likeness (QED) is 0.612. The van der Waals surface area contributed by atoms with E-state index in [4.69, 9.17) is 10.6 Å². The maximum atomic E-state index is 6.10. The molecule has 1 unspecified atom stereocenters. The Bertz CT molecular complexity index is 399. The van der Waals surface area contributed by atoms with Crippen molar-refractivity contribution in [3.05, 3.63) is 35.4 Å². The Balaban J connectivity index is 2.14. The zero-order valence-electron chi connectivity index (χ0n) is 12.1. The summed E-state index contributed by atoms with van der Waals surface area (Å²) in [6, 6.07) is 8.84. The lowest BCUT2D eigenvalue weighted by atomic mass is 9.87. The van der Waals surface area contributed by atoms with Crippen molar-refractivity contribution in [1.29, 1.82) is 0 Å². The Hall–Kier alpha value is -0.900. The molecule has 1 fully saturated rings. The lowest BCUT2D eigenvalue weighted by Gasteiger charge is -2.37. The number of nitrogens with one attached hydrogen (secondary N) is 1. The summed E-state index contributed by atoms with van der Waals surface area (Å²) in [6.45, 7) is 4.95. The van der Waals surface area contributed by atoms with Gasteiger partial charge in [0.25, 0.3) is 0 Å². The molecule has 1 aromatic rings. The van der Waals surface area contributed by atoms with Crippen molar-refractivity contribution in [2.45, 2.75) is 57.6 Å². The second-order valence-corrected chi connectivity index (χ2v) is 5.62. The molecule has 3 nitrogen and oxygen atoms in total. The van der Waals surface area contributed by atoms with Gasteiger partial charge in [0.1, 0.15) is 0 Å². The second kappa shape index (κ2) is 6.51. The van der Waals surface area contributed by atoms with Crippen molar-refractivity contribution in [1.82, 2.24) is 5.43 Å². The second-order valence-electron chi connectivity index (χ2n) is 5.62. The van der Waals surface area contributed by atoms with Crippen LogP contribution < -0.4 is 11.3 Å². The molecule has 106 valence electrons. The molecule has 0 aromatic heterocycles. The van der Waals surface area contributed by atoms with Gasteiger partial charge in [-0.1, -0.05) is 42.7 Å². The SMILES string of the molecule is CCOC1(C(Cc2cccc(C)c2)NN)CCCC1. The van der Waals surface area contributed by atoms with Gasteiger partial charge in [-0.2, -0.15) is 0 Å². The van der Waals surface area contributed by atoms with E-state index < -0.39 is 0 Å². The standard InChI is InChI=1S/C16H26N2O/c1-3-19-16(9-4-5-10-16)15(18-17)12-14-8-6-7-13(2)11-14/h6-8,11,15,18H,3-5,9-10,12,17H2,1-2H3. The van der Waals surface area contributed by atoms with Crippen LogP contribution in [0.3, 0.4) is 0 Å². The van der Waals surface area contributed by atoms with Gasteiger partial charge in [0.15, 0.2) is 0 Å². The van der Waals surface area contributed by atoms with Gasteiger partial charge in [0.05, 0.1) is 11.6 Å². The summed E-state index contributed by atoms with van der Waals surface area (Å²) in [7, 11) is 0. The molecular weight excluding hydrogens is 236 g/mol. The van der Waals surface area contributed by atoms with Crippen LogP contribution in [0.5, 0.6) is 0 Å². The van der Waals surface area contributed by atoms with E-state index >= 15 is 0 Å². The maximum absolute atomic E-state index is 6.10. The van der Waals surface area contributed by atoms with Crippen molar-refractivity contribution in [2.75, 3.05) is 6.61 Å². The zero-order chi connectivity index (χ0) is 13.7. The highest BCUT2D eigenvalue weighted by molar-refractivity contribution is 5.23. The third-order valence-electron chi connectivity index (χ3n) is 4.24. The normalized spacial score (nSPS) is 19.5. The number of benzene rings is 1. The molecule has 0 heterocycles. The van der Waals surface area contributed by atoms with Crippen LogP contribution >= 0.6 is 0 Å². The van der Waals surface area contributed by atoms with Gasteiger partial charge in [-0.05, 0) is 38.7 Å². The Morgan fingerprint density at radius 1 is 1.37 bits per heavy atom. The largest absolute Gasteiger partial charge is 0.374 e. The number of hydrogen-bond acceptors (Lipinski definition) is 3. The van der Waals surface area contributed by atoms with Crippen LogP contribution in [0.25, 0.3) is 0 Å². The average molecular weight is 262 g/mol. The molecule has 0 amide bonds. The molecule has 1 saturated carbocycles. The molecule has 2 rings (SSSR count). The molecule has 1 atom stereocenters. The fourth-order valence-corrected chi connectivity index (χ4v) is 3.33.